The molecule has 0 aromatic heterocycles. The number of aryl methyl sites for hydroxylation is 1. The van der Waals surface area contributed by atoms with Gasteiger partial charge in [-0.3, -0.25) is 0 Å². The van der Waals surface area contributed by atoms with E-state index in [-0.39, 0.29) is 5.56 Å². The number of rotatable bonds is 2. The number of anilines is 2. The smallest absolute Gasteiger partial charge is 0.337 e. The van der Waals surface area contributed by atoms with Gasteiger partial charge in [-0.1, -0.05) is 0 Å². The lowest BCUT2D eigenvalue weighted by atomic mass is 10.1. The van der Waals surface area contributed by atoms with Crippen molar-refractivity contribution in [2.75, 3.05) is 37.3 Å². The number of nitrogen functional groups attached to an aromatic ring is 1. The molecule has 1 saturated heterocycles. The van der Waals surface area contributed by atoms with Crippen molar-refractivity contribution in [1.82, 2.24) is 4.90 Å². The maximum Gasteiger partial charge on any atom is 0.337 e. The number of carboxylic acid groups (broad SMARTS) is 1. The van der Waals surface area contributed by atoms with E-state index in [0.717, 1.165) is 30.9 Å². The second-order valence-electron chi connectivity index (χ2n) is 5.30. The Labute approximate surface area is 113 Å². The highest BCUT2D eigenvalue weighted by Gasteiger charge is 2.22. The molecule has 1 heterocycles. The van der Waals surface area contributed by atoms with Crippen molar-refractivity contribution in [1.29, 1.82) is 0 Å². The predicted octanol–water partition coefficient (Wildman–Crippen LogP) is 1.42. The highest BCUT2D eigenvalue weighted by molar-refractivity contribution is 5.95. The molecule has 1 atom stereocenters. The minimum Gasteiger partial charge on any atom is -0.478 e. The van der Waals surface area contributed by atoms with Crippen LogP contribution in [-0.2, 0) is 0 Å². The van der Waals surface area contributed by atoms with E-state index >= 15 is 0 Å². The van der Waals surface area contributed by atoms with Gasteiger partial charge in [-0.15, -0.1) is 0 Å². The van der Waals surface area contributed by atoms with Crippen LogP contribution in [0.15, 0.2) is 12.1 Å². The minimum atomic E-state index is -0.968. The van der Waals surface area contributed by atoms with Crippen molar-refractivity contribution < 1.29 is 9.90 Å². The Morgan fingerprint density at radius 1 is 1.42 bits per heavy atom. The van der Waals surface area contributed by atoms with Gasteiger partial charge in [-0.2, -0.15) is 0 Å². The number of aromatic carboxylic acids is 1. The SMILES string of the molecule is Cc1cc(N2CCN(C)C(C)C2)cc(C(=O)O)c1N. The third kappa shape index (κ3) is 2.66. The quantitative estimate of drug-likeness (QED) is 0.790. The summed E-state index contributed by atoms with van der Waals surface area (Å²) in [5, 5.41) is 9.20. The molecule has 1 fully saturated rings. The topological polar surface area (TPSA) is 69.8 Å². The number of hydrogen-bond donors (Lipinski definition) is 2. The summed E-state index contributed by atoms with van der Waals surface area (Å²) >= 11 is 0. The number of carboxylic acids is 1. The van der Waals surface area contributed by atoms with Crippen molar-refractivity contribution in [2.45, 2.75) is 19.9 Å². The maximum atomic E-state index is 11.2. The van der Waals surface area contributed by atoms with Crippen molar-refractivity contribution >= 4 is 17.3 Å². The van der Waals surface area contributed by atoms with Crippen molar-refractivity contribution in [3.63, 3.8) is 0 Å². The number of nitrogens with zero attached hydrogens (tertiary/aromatic N) is 2. The van der Waals surface area contributed by atoms with E-state index in [0.29, 0.717) is 11.7 Å². The lowest BCUT2D eigenvalue weighted by Crippen LogP contribution is -2.50. The van der Waals surface area contributed by atoms with Crippen LogP contribution in [0.2, 0.25) is 0 Å². The number of likely N-dealkylation sites (N-methyl/N-ethyl adjacent to an activating group) is 1. The first kappa shape index (κ1) is 13.7. The van der Waals surface area contributed by atoms with E-state index in [9.17, 15) is 9.90 Å². The number of hydrogen-bond acceptors (Lipinski definition) is 4. The molecule has 0 radical (unpaired) electrons. The van der Waals surface area contributed by atoms with Crippen LogP contribution in [0.1, 0.15) is 22.8 Å². The number of piperazine rings is 1. The van der Waals surface area contributed by atoms with Gasteiger partial charge in [0.15, 0.2) is 0 Å². The summed E-state index contributed by atoms with van der Waals surface area (Å²) in [6.07, 6.45) is 0. The van der Waals surface area contributed by atoms with Gasteiger partial charge >= 0.3 is 5.97 Å². The molecule has 1 aliphatic rings. The van der Waals surface area contributed by atoms with E-state index in [1.165, 1.54) is 0 Å². The summed E-state index contributed by atoms with van der Waals surface area (Å²) in [7, 11) is 2.11. The molecule has 19 heavy (non-hydrogen) atoms. The third-order valence-electron chi connectivity index (χ3n) is 3.93. The first-order valence-electron chi connectivity index (χ1n) is 6.48. The summed E-state index contributed by atoms with van der Waals surface area (Å²) in [6.45, 7) is 6.81. The monoisotopic (exact) mass is 263 g/mol. The molecule has 0 spiro atoms. The van der Waals surface area contributed by atoms with Crippen molar-refractivity contribution in [3.8, 4) is 0 Å². The van der Waals surface area contributed by atoms with E-state index in [1.807, 2.05) is 13.0 Å². The molecule has 5 heteroatoms. The molecule has 5 nitrogen and oxygen atoms in total. The Morgan fingerprint density at radius 2 is 2.11 bits per heavy atom. The summed E-state index contributed by atoms with van der Waals surface area (Å²) in [6, 6.07) is 4.11. The third-order valence-corrected chi connectivity index (χ3v) is 3.93. The summed E-state index contributed by atoms with van der Waals surface area (Å²) in [5.41, 5.74) is 8.15. The molecule has 2 rings (SSSR count). The van der Waals surface area contributed by atoms with E-state index < -0.39 is 5.97 Å². The summed E-state index contributed by atoms with van der Waals surface area (Å²) in [5.74, 6) is -0.968. The van der Waals surface area contributed by atoms with E-state index in [1.54, 1.807) is 6.07 Å². The highest BCUT2D eigenvalue weighted by Crippen LogP contribution is 2.27. The second kappa shape index (κ2) is 5.09. The van der Waals surface area contributed by atoms with Crippen LogP contribution < -0.4 is 10.6 Å². The zero-order chi connectivity index (χ0) is 14.2. The molecule has 0 amide bonds. The fourth-order valence-corrected chi connectivity index (χ4v) is 2.42. The molecular weight excluding hydrogens is 242 g/mol. The second-order valence-corrected chi connectivity index (χ2v) is 5.30. The molecule has 0 aliphatic carbocycles. The average molecular weight is 263 g/mol. The Kier molecular flexibility index (Phi) is 3.66. The summed E-state index contributed by atoms with van der Waals surface area (Å²) < 4.78 is 0. The minimum absolute atomic E-state index is 0.196. The molecule has 0 saturated carbocycles. The van der Waals surface area contributed by atoms with E-state index in [4.69, 9.17) is 5.73 Å². The average Bonchev–Trinajstić information content (AvgIpc) is 2.35. The van der Waals surface area contributed by atoms with Gasteiger partial charge in [0.1, 0.15) is 0 Å². The van der Waals surface area contributed by atoms with Gasteiger partial charge in [-0.25, -0.2) is 4.79 Å². The van der Waals surface area contributed by atoms with Gasteiger partial charge < -0.3 is 20.6 Å². The Hall–Kier alpha value is -1.75. The largest absolute Gasteiger partial charge is 0.478 e. The molecule has 0 bridgehead atoms. The highest BCUT2D eigenvalue weighted by atomic mass is 16.4. The van der Waals surface area contributed by atoms with Crippen LogP contribution in [-0.4, -0.2) is 48.7 Å². The van der Waals surface area contributed by atoms with Gasteiger partial charge in [0.25, 0.3) is 0 Å². The van der Waals surface area contributed by atoms with E-state index in [2.05, 4.69) is 23.8 Å². The van der Waals surface area contributed by atoms with Crippen LogP contribution in [0.5, 0.6) is 0 Å². The Bertz CT molecular complexity index is 502. The lowest BCUT2D eigenvalue weighted by molar-refractivity contribution is 0.0698. The van der Waals surface area contributed by atoms with Crippen molar-refractivity contribution in [3.05, 3.63) is 23.3 Å². The predicted molar refractivity (Wildman–Crippen MR) is 76.9 cm³/mol. The van der Waals surface area contributed by atoms with Gasteiger partial charge in [-0.05, 0) is 38.6 Å². The molecule has 1 aromatic rings. The van der Waals surface area contributed by atoms with Crippen LogP contribution in [0.25, 0.3) is 0 Å². The van der Waals surface area contributed by atoms with Crippen LogP contribution >= 0.6 is 0 Å². The van der Waals surface area contributed by atoms with Crippen LogP contribution in [0, 0.1) is 6.92 Å². The zero-order valence-corrected chi connectivity index (χ0v) is 11.7. The summed E-state index contributed by atoms with van der Waals surface area (Å²) in [4.78, 5) is 15.7. The Morgan fingerprint density at radius 3 is 2.68 bits per heavy atom. The molecular formula is C14H21N3O2. The van der Waals surface area contributed by atoms with Gasteiger partial charge in [0.2, 0.25) is 0 Å². The maximum absolute atomic E-state index is 11.2. The van der Waals surface area contributed by atoms with Gasteiger partial charge in [0, 0.05) is 37.1 Å². The standard InChI is InChI=1S/C14H21N3O2/c1-9-6-11(7-12(13(9)15)14(18)19)17-5-4-16(3)10(2)8-17/h6-7,10H,4-5,8,15H2,1-3H3,(H,18,19). The number of nitrogens with two attached hydrogens (primary N) is 1. The zero-order valence-electron chi connectivity index (χ0n) is 11.7. The van der Waals surface area contributed by atoms with Crippen molar-refractivity contribution in [2.24, 2.45) is 0 Å². The molecule has 1 aromatic carbocycles. The molecule has 1 unspecified atom stereocenters. The lowest BCUT2D eigenvalue weighted by Gasteiger charge is -2.39. The molecule has 104 valence electrons. The first-order valence-corrected chi connectivity index (χ1v) is 6.48. The number of carbonyl (C=O) groups is 1. The Balaban J connectivity index is 2.33. The normalized spacial score (nSPS) is 20.6. The van der Waals surface area contributed by atoms with Gasteiger partial charge in [0.05, 0.1) is 5.56 Å². The molecule has 3 N–H and O–H groups in total. The fraction of sp³-hybridized carbons (Fsp3) is 0.500. The van der Waals surface area contributed by atoms with Crippen LogP contribution in [0.3, 0.4) is 0 Å². The fourth-order valence-electron chi connectivity index (χ4n) is 2.42. The molecule has 1 aliphatic heterocycles. The first-order chi connectivity index (χ1) is 8.90. The van der Waals surface area contributed by atoms with Crippen LogP contribution in [0.4, 0.5) is 11.4 Å². The number of benzene rings is 1.